The first-order valence-corrected chi connectivity index (χ1v) is 8.77. The zero-order valence-corrected chi connectivity index (χ0v) is 38.1. The third kappa shape index (κ3) is 9.87. The Bertz CT molecular complexity index is 770. The summed E-state index contributed by atoms with van der Waals surface area (Å²) >= 11 is 0. The van der Waals surface area contributed by atoms with Gasteiger partial charge in [0.1, 0.15) is 0 Å². The monoisotopic (exact) mass is 670 g/mol. The second-order valence-electron chi connectivity index (χ2n) is 6.29. The standard InChI is InChI=1S/C26H18.4Rb/c1-5-13-21(14-6-1)25(22-15-7-2-8-16-22)26(23-17-9-3-10-18-23)24-19-11-4-12-20-24;;;;/h5-20,25-26H;;;;/q-4;4*+1. The van der Waals surface area contributed by atoms with Gasteiger partial charge in [-0.1, -0.05) is 0 Å². The summed E-state index contributed by atoms with van der Waals surface area (Å²) < 4.78 is 0. The van der Waals surface area contributed by atoms with Crippen molar-refractivity contribution in [3.05, 3.63) is 144 Å². The molecule has 126 valence electrons. The third-order valence-corrected chi connectivity index (χ3v) is 4.75. The molecule has 0 radical (unpaired) electrons. The van der Waals surface area contributed by atoms with Crippen LogP contribution in [0.15, 0.2) is 97.1 Å². The maximum Gasteiger partial charge on any atom is 1.00 e. The maximum absolute atomic E-state index is 3.14. The first-order valence-electron chi connectivity index (χ1n) is 8.77. The van der Waals surface area contributed by atoms with Gasteiger partial charge >= 0.3 is 233 Å². The van der Waals surface area contributed by atoms with E-state index in [0.717, 1.165) is 0 Å². The Kier molecular flexibility index (Phi) is 21.9. The van der Waals surface area contributed by atoms with Crippen LogP contribution in [0.25, 0.3) is 0 Å². The summed E-state index contributed by atoms with van der Waals surface area (Å²) in [6.07, 6.45) is 0. The SMILES string of the molecule is [Rb+].[Rb+].[Rb+].[Rb+].[c-]1ccc(C(c2cc[c-]cc2)C(c2cc[c-]cc2)c2cc[c-]cc2)cc1. The summed E-state index contributed by atoms with van der Waals surface area (Å²) in [6.45, 7) is 0. The first kappa shape index (κ1) is 34.1. The predicted molar refractivity (Wildman–Crippen MR) is 105 cm³/mol. The maximum atomic E-state index is 3.14. The van der Waals surface area contributed by atoms with Crippen LogP contribution in [0.4, 0.5) is 0 Å². The Balaban J connectivity index is 0.00000210. The third-order valence-electron chi connectivity index (χ3n) is 4.75. The van der Waals surface area contributed by atoms with E-state index in [1.807, 2.05) is 48.5 Å². The van der Waals surface area contributed by atoms with Crippen LogP contribution in [0.3, 0.4) is 0 Å². The molecule has 0 heterocycles. The van der Waals surface area contributed by atoms with E-state index in [1.165, 1.54) is 22.3 Å². The zero-order chi connectivity index (χ0) is 17.6. The van der Waals surface area contributed by atoms with E-state index in [-0.39, 0.29) is 245 Å². The van der Waals surface area contributed by atoms with E-state index < -0.39 is 0 Å². The minimum Gasteiger partial charge on any atom is -0.184 e. The van der Waals surface area contributed by atoms with Crippen molar-refractivity contribution in [1.29, 1.82) is 0 Å². The molecule has 0 aliphatic heterocycles. The van der Waals surface area contributed by atoms with E-state index >= 15 is 0 Å². The number of hydrogen-bond acceptors (Lipinski definition) is 0. The van der Waals surface area contributed by atoms with Crippen LogP contribution in [-0.2, 0) is 0 Å². The van der Waals surface area contributed by atoms with Gasteiger partial charge in [0.25, 0.3) is 0 Å². The van der Waals surface area contributed by atoms with Gasteiger partial charge in [-0.15, -0.1) is 0 Å². The Hall–Kier alpha value is 4.10. The zero-order valence-electron chi connectivity index (χ0n) is 18.4. The van der Waals surface area contributed by atoms with Crippen molar-refractivity contribution >= 4 is 0 Å². The van der Waals surface area contributed by atoms with Crippen molar-refractivity contribution in [2.45, 2.75) is 11.8 Å². The van der Waals surface area contributed by atoms with Crippen molar-refractivity contribution in [1.82, 2.24) is 0 Å². The van der Waals surface area contributed by atoms with E-state index in [1.54, 1.807) is 0 Å². The van der Waals surface area contributed by atoms with Crippen molar-refractivity contribution in [3.8, 4) is 0 Å². The molecule has 0 aliphatic rings. The number of hydrogen-bond donors (Lipinski definition) is 0. The van der Waals surface area contributed by atoms with Gasteiger partial charge in [0, 0.05) is 0 Å². The number of rotatable bonds is 5. The van der Waals surface area contributed by atoms with Gasteiger partial charge < -0.3 is 0 Å². The van der Waals surface area contributed by atoms with Crippen molar-refractivity contribution in [2.24, 2.45) is 0 Å². The first-order chi connectivity index (χ1) is 12.9. The van der Waals surface area contributed by atoms with Crippen molar-refractivity contribution in [3.63, 3.8) is 0 Å². The van der Waals surface area contributed by atoms with Crippen LogP contribution in [0.5, 0.6) is 0 Å². The molecular weight excluding hydrogens is 654 g/mol. The van der Waals surface area contributed by atoms with Crippen LogP contribution < -0.4 is 233 Å². The largest absolute Gasteiger partial charge is 1.00 e. The van der Waals surface area contributed by atoms with Crippen LogP contribution in [0.2, 0.25) is 0 Å². The molecule has 0 saturated carbocycles. The molecule has 0 nitrogen and oxygen atoms in total. The van der Waals surface area contributed by atoms with Crippen LogP contribution in [0.1, 0.15) is 34.1 Å². The van der Waals surface area contributed by atoms with Crippen LogP contribution in [0, 0.1) is 24.3 Å². The predicted octanol–water partition coefficient (Wildman–Crippen LogP) is -6.13. The summed E-state index contributed by atoms with van der Waals surface area (Å²) in [7, 11) is 0. The van der Waals surface area contributed by atoms with E-state index in [2.05, 4.69) is 72.8 Å². The fourth-order valence-corrected chi connectivity index (χ4v) is 3.58. The molecule has 4 rings (SSSR count). The Morgan fingerprint density at radius 1 is 0.333 bits per heavy atom. The van der Waals surface area contributed by atoms with Crippen molar-refractivity contribution < 1.29 is 233 Å². The summed E-state index contributed by atoms with van der Waals surface area (Å²) in [6, 6.07) is 45.8. The molecule has 4 aromatic rings. The summed E-state index contributed by atoms with van der Waals surface area (Å²) in [4.78, 5) is 0. The summed E-state index contributed by atoms with van der Waals surface area (Å²) in [5.41, 5.74) is 5.11. The molecule has 0 aromatic heterocycles. The van der Waals surface area contributed by atoms with Crippen molar-refractivity contribution in [2.75, 3.05) is 0 Å². The molecular formula is C26H18Rb4. The average Bonchev–Trinajstić information content (AvgIpc) is 2.74. The molecule has 0 amide bonds. The molecule has 0 fully saturated rings. The second-order valence-corrected chi connectivity index (χ2v) is 6.29. The molecule has 0 bridgehead atoms. The van der Waals surface area contributed by atoms with E-state index in [4.69, 9.17) is 0 Å². The van der Waals surface area contributed by atoms with Gasteiger partial charge in [-0.2, -0.15) is 144 Å². The molecule has 0 unspecified atom stereocenters. The van der Waals surface area contributed by atoms with E-state index in [0.29, 0.717) is 0 Å². The number of benzene rings is 4. The average molecular weight is 672 g/mol. The normalized spacial score (nSPS) is 9.53. The molecule has 0 N–H and O–H groups in total. The topological polar surface area (TPSA) is 0 Å². The molecule has 0 saturated heterocycles. The molecule has 4 aromatic carbocycles. The van der Waals surface area contributed by atoms with Gasteiger partial charge in [-0.05, 0) is 11.8 Å². The molecule has 4 heteroatoms. The van der Waals surface area contributed by atoms with Gasteiger partial charge in [0.05, 0.1) is 0 Å². The fourth-order valence-electron chi connectivity index (χ4n) is 3.58. The van der Waals surface area contributed by atoms with Gasteiger partial charge in [0.2, 0.25) is 0 Å². The van der Waals surface area contributed by atoms with Gasteiger partial charge in [0.15, 0.2) is 0 Å². The van der Waals surface area contributed by atoms with E-state index in [9.17, 15) is 0 Å². The molecule has 0 aliphatic carbocycles. The Morgan fingerprint density at radius 2 is 0.500 bits per heavy atom. The fraction of sp³-hybridized carbons (Fsp3) is 0.0769. The Labute approximate surface area is 377 Å². The quantitative estimate of drug-likeness (QED) is 0.186. The van der Waals surface area contributed by atoms with Gasteiger partial charge in [-0.3, -0.25) is 0 Å². The van der Waals surface area contributed by atoms with Gasteiger partial charge in [-0.25, -0.2) is 0 Å². The van der Waals surface area contributed by atoms with Crippen LogP contribution in [-0.4, -0.2) is 0 Å². The minimum atomic E-state index is 0. The second kappa shape index (κ2) is 19.2. The summed E-state index contributed by atoms with van der Waals surface area (Å²) in [5.74, 6) is 0.396. The minimum absolute atomic E-state index is 0. The smallest absolute Gasteiger partial charge is 0.184 e. The molecule has 0 atom stereocenters. The molecule has 0 spiro atoms. The van der Waals surface area contributed by atoms with Crippen LogP contribution >= 0.6 is 0 Å². The molecule has 30 heavy (non-hydrogen) atoms. The summed E-state index contributed by atoms with van der Waals surface area (Å²) in [5, 5.41) is 0. The Morgan fingerprint density at radius 3 is 0.667 bits per heavy atom.